The molecule has 5 heteroatoms. The smallest absolute Gasteiger partial charge is 0.328 e. The van der Waals surface area contributed by atoms with Crippen LogP contribution in [-0.4, -0.2) is 23.2 Å². The number of pyridine rings is 1. The molecule has 0 amide bonds. The van der Waals surface area contributed by atoms with E-state index < -0.39 is 11.5 Å². The van der Waals surface area contributed by atoms with Gasteiger partial charge in [-0.1, -0.05) is 0 Å². The molecule has 0 aliphatic heterocycles. The van der Waals surface area contributed by atoms with Gasteiger partial charge in [0, 0.05) is 12.3 Å². The van der Waals surface area contributed by atoms with Crippen molar-refractivity contribution in [1.82, 2.24) is 4.98 Å². The molecule has 3 N–H and O–H groups in total. The van der Waals surface area contributed by atoms with Crippen molar-refractivity contribution < 1.29 is 14.6 Å². The quantitative estimate of drug-likeness (QED) is 0.728. The second-order valence-corrected chi connectivity index (χ2v) is 3.09. The molecule has 1 rings (SSSR count). The molecule has 0 saturated carbocycles. The fourth-order valence-corrected chi connectivity index (χ4v) is 0.968. The predicted octanol–water partition coefficient (Wildman–Crippen LogP) is 0.349. The molecule has 14 heavy (non-hydrogen) atoms. The van der Waals surface area contributed by atoms with Crippen LogP contribution in [0.1, 0.15) is 12.5 Å². The van der Waals surface area contributed by atoms with E-state index in [1.807, 2.05) is 0 Å². The van der Waals surface area contributed by atoms with Crippen LogP contribution in [-0.2, 0) is 10.3 Å². The highest BCUT2D eigenvalue weighted by atomic mass is 16.5. The molecule has 76 valence electrons. The molecular formula is C9H12N2O3. The van der Waals surface area contributed by atoms with E-state index in [0.717, 1.165) is 0 Å². The highest BCUT2D eigenvalue weighted by Crippen LogP contribution is 2.20. The number of nitrogens with two attached hydrogens (primary N) is 1. The Hall–Kier alpha value is -1.62. The highest BCUT2D eigenvalue weighted by molar-refractivity contribution is 5.79. The summed E-state index contributed by atoms with van der Waals surface area (Å²) in [7, 11) is 1.46. The van der Waals surface area contributed by atoms with E-state index in [4.69, 9.17) is 15.6 Å². The average Bonchev–Trinajstić information content (AvgIpc) is 2.17. The van der Waals surface area contributed by atoms with Gasteiger partial charge in [0.15, 0.2) is 0 Å². The molecule has 1 aromatic rings. The molecule has 0 fully saturated rings. The zero-order valence-corrected chi connectivity index (χ0v) is 8.02. The maximum absolute atomic E-state index is 10.8. The lowest BCUT2D eigenvalue weighted by Gasteiger charge is -2.19. The Labute approximate surface area is 81.5 Å². The van der Waals surface area contributed by atoms with Gasteiger partial charge in [-0.3, -0.25) is 0 Å². The minimum Gasteiger partial charge on any atom is -0.481 e. The summed E-state index contributed by atoms with van der Waals surface area (Å²) in [5, 5.41) is 8.87. The minimum absolute atomic E-state index is 0.348. The number of methoxy groups -OCH3 is 1. The van der Waals surface area contributed by atoms with Gasteiger partial charge in [-0.2, -0.15) is 0 Å². The van der Waals surface area contributed by atoms with E-state index in [2.05, 4.69) is 4.98 Å². The lowest BCUT2D eigenvalue weighted by Crippen LogP contribution is -2.41. The first-order valence-electron chi connectivity index (χ1n) is 4.01. The first-order chi connectivity index (χ1) is 6.48. The molecule has 0 aromatic carbocycles. The maximum Gasteiger partial charge on any atom is 0.328 e. The number of hydrogen-bond acceptors (Lipinski definition) is 4. The molecule has 5 nitrogen and oxygen atoms in total. The number of ether oxygens (including phenoxy) is 1. The number of carbonyl (C=O) groups is 1. The van der Waals surface area contributed by atoms with Gasteiger partial charge in [0.05, 0.1) is 7.11 Å². The van der Waals surface area contributed by atoms with E-state index >= 15 is 0 Å². The Balaban J connectivity index is 3.12. The van der Waals surface area contributed by atoms with Crippen LogP contribution in [0.4, 0.5) is 0 Å². The summed E-state index contributed by atoms with van der Waals surface area (Å²) in [5.74, 6) is -0.744. The van der Waals surface area contributed by atoms with E-state index in [1.54, 1.807) is 6.07 Å². The highest BCUT2D eigenvalue weighted by Gasteiger charge is 2.30. The van der Waals surface area contributed by atoms with Crippen molar-refractivity contribution in [2.24, 2.45) is 5.73 Å². The fraction of sp³-hybridized carbons (Fsp3) is 0.333. The SMILES string of the molecule is COc1cc([C@@](C)(N)C(=O)O)ccn1. The van der Waals surface area contributed by atoms with E-state index in [-0.39, 0.29) is 0 Å². The molecule has 1 heterocycles. The third-order valence-electron chi connectivity index (χ3n) is 1.99. The van der Waals surface area contributed by atoms with Crippen molar-refractivity contribution in [3.63, 3.8) is 0 Å². The summed E-state index contributed by atoms with van der Waals surface area (Å²) < 4.78 is 4.87. The van der Waals surface area contributed by atoms with Gasteiger partial charge in [-0.05, 0) is 18.6 Å². The average molecular weight is 196 g/mol. The van der Waals surface area contributed by atoms with Gasteiger partial charge in [-0.15, -0.1) is 0 Å². The van der Waals surface area contributed by atoms with E-state index in [1.165, 1.54) is 26.3 Å². The number of nitrogens with zero attached hydrogens (tertiary/aromatic N) is 1. The van der Waals surface area contributed by atoms with Crippen LogP contribution in [0.2, 0.25) is 0 Å². The summed E-state index contributed by atoms with van der Waals surface area (Å²) in [6.07, 6.45) is 1.46. The summed E-state index contributed by atoms with van der Waals surface area (Å²) in [4.78, 5) is 14.7. The van der Waals surface area contributed by atoms with Crippen molar-refractivity contribution in [2.75, 3.05) is 7.11 Å². The third kappa shape index (κ3) is 1.82. The number of aliphatic carboxylic acids is 1. The third-order valence-corrected chi connectivity index (χ3v) is 1.99. The lowest BCUT2D eigenvalue weighted by molar-refractivity contribution is -0.143. The number of carboxylic acids is 1. The van der Waals surface area contributed by atoms with Crippen molar-refractivity contribution in [3.8, 4) is 5.88 Å². The first-order valence-corrected chi connectivity index (χ1v) is 4.01. The van der Waals surface area contributed by atoms with Crippen LogP contribution < -0.4 is 10.5 Å². The number of aromatic nitrogens is 1. The van der Waals surface area contributed by atoms with Crippen LogP contribution in [0.25, 0.3) is 0 Å². The number of hydrogen-bond donors (Lipinski definition) is 2. The molecule has 0 unspecified atom stereocenters. The van der Waals surface area contributed by atoms with Gasteiger partial charge < -0.3 is 15.6 Å². The predicted molar refractivity (Wildman–Crippen MR) is 50.0 cm³/mol. The fourth-order valence-electron chi connectivity index (χ4n) is 0.968. The molecule has 1 atom stereocenters. The molecule has 1 aromatic heterocycles. The molecule has 0 bridgehead atoms. The number of carboxylic acid groups (broad SMARTS) is 1. The second kappa shape index (κ2) is 3.63. The van der Waals surface area contributed by atoms with Gasteiger partial charge in [0.1, 0.15) is 5.54 Å². The molecule has 0 radical (unpaired) electrons. The first kappa shape index (κ1) is 10.5. The zero-order valence-electron chi connectivity index (χ0n) is 8.02. The lowest BCUT2D eigenvalue weighted by atomic mass is 9.94. The van der Waals surface area contributed by atoms with Crippen LogP contribution in [0.5, 0.6) is 5.88 Å². The molecule has 0 spiro atoms. The van der Waals surface area contributed by atoms with Crippen LogP contribution in [0, 0.1) is 0 Å². The molecule has 0 aliphatic carbocycles. The van der Waals surface area contributed by atoms with Gasteiger partial charge in [0.2, 0.25) is 5.88 Å². The topological polar surface area (TPSA) is 85.4 Å². The zero-order chi connectivity index (χ0) is 10.8. The Morgan fingerprint density at radius 3 is 2.86 bits per heavy atom. The van der Waals surface area contributed by atoms with Crippen LogP contribution in [0.3, 0.4) is 0 Å². The monoisotopic (exact) mass is 196 g/mol. The second-order valence-electron chi connectivity index (χ2n) is 3.09. The largest absolute Gasteiger partial charge is 0.481 e. The van der Waals surface area contributed by atoms with Gasteiger partial charge in [0.25, 0.3) is 0 Å². The Morgan fingerprint density at radius 1 is 1.71 bits per heavy atom. The van der Waals surface area contributed by atoms with Crippen molar-refractivity contribution in [3.05, 3.63) is 23.9 Å². The molecule has 0 saturated heterocycles. The Morgan fingerprint density at radius 2 is 2.36 bits per heavy atom. The van der Waals surface area contributed by atoms with Crippen molar-refractivity contribution in [2.45, 2.75) is 12.5 Å². The summed E-state index contributed by atoms with van der Waals surface area (Å²) in [6, 6.07) is 3.06. The minimum atomic E-state index is -1.42. The Bertz CT molecular complexity index is 350. The summed E-state index contributed by atoms with van der Waals surface area (Å²) >= 11 is 0. The van der Waals surface area contributed by atoms with Gasteiger partial charge >= 0.3 is 5.97 Å². The summed E-state index contributed by atoms with van der Waals surface area (Å²) in [5.41, 5.74) is 4.66. The van der Waals surface area contributed by atoms with E-state index in [9.17, 15) is 4.79 Å². The van der Waals surface area contributed by atoms with Crippen LogP contribution in [0.15, 0.2) is 18.3 Å². The van der Waals surface area contributed by atoms with Crippen molar-refractivity contribution >= 4 is 5.97 Å². The van der Waals surface area contributed by atoms with E-state index in [0.29, 0.717) is 11.4 Å². The maximum atomic E-state index is 10.8. The van der Waals surface area contributed by atoms with Crippen molar-refractivity contribution in [1.29, 1.82) is 0 Å². The standard InChI is InChI=1S/C9H12N2O3/c1-9(10,8(12)13)6-3-4-11-7(5-6)14-2/h3-5H,10H2,1-2H3,(H,12,13)/t9-/m1/s1. The molecule has 0 aliphatic rings. The number of rotatable bonds is 3. The van der Waals surface area contributed by atoms with Crippen LogP contribution >= 0.6 is 0 Å². The normalized spacial score (nSPS) is 14.5. The summed E-state index contributed by atoms with van der Waals surface area (Å²) in [6.45, 7) is 1.42. The van der Waals surface area contributed by atoms with Gasteiger partial charge in [-0.25, -0.2) is 9.78 Å². The Kier molecular flexibility index (Phi) is 2.71. The molecular weight excluding hydrogens is 184 g/mol.